The van der Waals surface area contributed by atoms with Crippen molar-refractivity contribution in [3.63, 3.8) is 0 Å². The maximum Gasteiger partial charge on any atom is 0.303 e. The Morgan fingerprint density at radius 1 is 0.909 bits per heavy atom. The van der Waals surface area contributed by atoms with Crippen molar-refractivity contribution in [2.45, 2.75) is 66.0 Å². The summed E-state index contributed by atoms with van der Waals surface area (Å²) in [6.45, 7) is 9.08. The van der Waals surface area contributed by atoms with Crippen LogP contribution >= 0.6 is 0 Å². The summed E-state index contributed by atoms with van der Waals surface area (Å²) >= 11 is 0. The first-order valence-corrected chi connectivity index (χ1v) is 6.46. The van der Waals surface area contributed by atoms with Gasteiger partial charge in [-0.15, -0.1) is 0 Å². The molecule has 0 bridgehead atoms. The van der Waals surface area contributed by atoms with Crippen LogP contribution in [0.25, 0.3) is 0 Å². The number of hydrogen-bond donors (Lipinski definition) is 3. The van der Waals surface area contributed by atoms with E-state index in [1.165, 1.54) is 20.0 Å². The van der Waals surface area contributed by atoms with Crippen molar-refractivity contribution in [2.24, 2.45) is 0 Å². The molecular weight excluding hydrogens is 296 g/mol. The van der Waals surface area contributed by atoms with E-state index in [0.29, 0.717) is 0 Å². The number of rotatable bonds is 4. The maximum atomic E-state index is 10.5. The molecule has 22 heavy (non-hydrogen) atoms. The summed E-state index contributed by atoms with van der Waals surface area (Å²) < 4.78 is 9.59. The molecule has 0 amide bonds. The van der Waals surface area contributed by atoms with E-state index in [9.17, 15) is 9.59 Å². The second-order valence-electron chi connectivity index (χ2n) is 4.32. The molecule has 0 spiro atoms. The van der Waals surface area contributed by atoms with Gasteiger partial charge in [0.2, 0.25) is 0 Å². The van der Waals surface area contributed by atoms with Crippen molar-refractivity contribution in [2.75, 3.05) is 0 Å². The molecule has 130 valence electrons. The second-order valence-corrected chi connectivity index (χ2v) is 4.32. The van der Waals surface area contributed by atoms with Crippen LogP contribution in [0.5, 0.6) is 0 Å². The van der Waals surface area contributed by atoms with E-state index >= 15 is 0 Å². The lowest BCUT2D eigenvalue weighted by atomic mass is 10.2. The third kappa shape index (κ3) is 23.3. The van der Waals surface area contributed by atoms with Crippen LogP contribution in [0.3, 0.4) is 0 Å². The third-order valence-electron chi connectivity index (χ3n) is 2.12. The highest BCUT2D eigenvalue weighted by molar-refractivity contribution is 5.67. The second kappa shape index (κ2) is 15.6. The Hall–Kier alpha value is -1.82. The fourth-order valence-electron chi connectivity index (χ4n) is 0.715. The van der Waals surface area contributed by atoms with Gasteiger partial charge in [0.05, 0.1) is 12.2 Å². The molecule has 0 aliphatic rings. The highest BCUT2D eigenvalue weighted by atomic mass is 17.1. The van der Waals surface area contributed by atoms with E-state index in [1.54, 1.807) is 27.7 Å². The summed E-state index contributed by atoms with van der Waals surface area (Å²) in [5.41, 5.74) is 0. The van der Waals surface area contributed by atoms with Crippen LogP contribution in [-0.4, -0.2) is 51.8 Å². The summed E-state index contributed by atoms with van der Waals surface area (Å²) in [7, 11) is 0. The van der Waals surface area contributed by atoms with E-state index in [4.69, 9.17) is 24.9 Å². The highest BCUT2D eigenvalue weighted by Crippen LogP contribution is 2.03. The lowest BCUT2D eigenvalue weighted by molar-refractivity contribution is -0.171. The third-order valence-corrected chi connectivity index (χ3v) is 2.12. The van der Waals surface area contributed by atoms with Crippen LogP contribution in [0.1, 0.15) is 41.5 Å². The number of aliphatic hydroxyl groups excluding tert-OH is 2. The molecule has 0 saturated heterocycles. The van der Waals surface area contributed by atoms with Crippen molar-refractivity contribution in [3.8, 4) is 12.5 Å². The Balaban J connectivity index is -0.000000300. The predicted molar refractivity (Wildman–Crippen MR) is 78.4 cm³/mol. The zero-order valence-corrected chi connectivity index (χ0v) is 13.8. The minimum atomic E-state index is -0.593. The van der Waals surface area contributed by atoms with Gasteiger partial charge in [-0.1, -0.05) is 6.42 Å². The number of carbonyl (C=O) groups is 2. The molecule has 0 rings (SSSR count). The summed E-state index contributed by atoms with van der Waals surface area (Å²) in [5.74, 6) is -0.747. The smallest absolute Gasteiger partial charge is 0.303 e. The van der Waals surface area contributed by atoms with Gasteiger partial charge in [-0.2, -0.15) is 5.26 Å². The summed E-state index contributed by atoms with van der Waals surface area (Å²) in [6, 6.07) is 0. The lowest BCUT2D eigenvalue weighted by Crippen LogP contribution is -2.29. The number of aliphatic hydroxyl groups is 2. The van der Waals surface area contributed by atoms with Gasteiger partial charge in [0, 0.05) is 13.8 Å². The average Bonchev–Trinajstić information content (AvgIpc) is 2.38. The quantitative estimate of drug-likeness (QED) is 0.299. The predicted octanol–water partition coefficient (Wildman–Crippen LogP) is 0.704. The molecule has 0 aromatic heterocycles. The van der Waals surface area contributed by atoms with E-state index in [2.05, 4.69) is 11.3 Å². The maximum absolute atomic E-state index is 10.5. The zero-order valence-electron chi connectivity index (χ0n) is 13.8. The van der Waals surface area contributed by atoms with Gasteiger partial charge in [-0.05, 0) is 27.7 Å². The Kier molecular flexibility index (Phi) is 17.8. The summed E-state index contributed by atoms with van der Waals surface area (Å²) in [5, 5.41) is 23.9. The number of carbonyl (C=O) groups excluding carboxylic acids is 2. The molecule has 3 N–H and O–H groups in total. The monoisotopic (exact) mass is 322 g/mol. The minimum absolute atomic E-state index is 0.374. The molecule has 8 nitrogen and oxygen atoms in total. The van der Waals surface area contributed by atoms with Crippen molar-refractivity contribution >= 4 is 11.9 Å². The molecule has 0 radical (unpaired) electrons. The molecule has 0 saturated carbocycles. The average molecular weight is 322 g/mol. The standard InChI is InChI=1S/C8H14O4.C4H10O2.C2H2O2/c1-5(11-7(3)9)6(2)12-8(4)10;1-3(5)4(2)6;1-2-4-3/h5-6H,1-4H3;3-6H,1-2H3;1,3H. The minimum Gasteiger partial charge on any atom is -0.459 e. The molecule has 4 atom stereocenters. The fourth-order valence-corrected chi connectivity index (χ4v) is 0.715. The van der Waals surface area contributed by atoms with E-state index < -0.39 is 24.4 Å². The topological polar surface area (TPSA) is 123 Å². The Bertz CT molecular complexity index is 306. The molecular formula is C14H26O8. The number of esters is 2. The first-order chi connectivity index (χ1) is 9.99. The zero-order chi connectivity index (χ0) is 18.3. The van der Waals surface area contributed by atoms with Gasteiger partial charge in [-0.25, -0.2) is 0 Å². The Labute approximate surface area is 130 Å². The van der Waals surface area contributed by atoms with Gasteiger partial charge in [0.25, 0.3) is 0 Å². The van der Waals surface area contributed by atoms with Crippen molar-refractivity contribution in [3.05, 3.63) is 0 Å². The molecule has 0 aromatic carbocycles. The number of ether oxygens (including phenoxy) is 2. The highest BCUT2D eigenvalue weighted by Gasteiger charge is 2.17. The molecule has 0 fully saturated rings. The Morgan fingerprint density at radius 2 is 1.14 bits per heavy atom. The van der Waals surface area contributed by atoms with Crippen molar-refractivity contribution < 1.29 is 39.4 Å². The first-order valence-electron chi connectivity index (χ1n) is 6.46. The van der Waals surface area contributed by atoms with Crippen LogP contribution in [0.15, 0.2) is 0 Å². The van der Waals surface area contributed by atoms with Crippen LogP contribution in [0.2, 0.25) is 0 Å². The number of terminal acetylenes is 1. The molecule has 0 aromatic rings. The summed E-state index contributed by atoms with van der Waals surface area (Å²) in [6.07, 6.45) is 3.81. The van der Waals surface area contributed by atoms with E-state index in [0.717, 1.165) is 0 Å². The van der Waals surface area contributed by atoms with Crippen LogP contribution in [0, 0.1) is 12.5 Å². The van der Waals surface area contributed by atoms with E-state index in [1.807, 2.05) is 0 Å². The van der Waals surface area contributed by atoms with Gasteiger partial charge >= 0.3 is 11.9 Å². The molecule has 4 unspecified atom stereocenters. The SMILES string of the molecule is C#COO.CC(=O)OC(C)C(C)OC(C)=O.CC(O)C(C)O. The molecule has 0 aliphatic carbocycles. The van der Waals surface area contributed by atoms with Crippen LogP contribution in [0.4, 0.5) is 0 Å². The molecule has 8 heteroatoms. The van der Waals surface area contributed by atoms with E-state index in [-0.39, 0.29) is 11.9 Å². The van der Waals surface area contributed by atoms with Crippen LogP contribution < -0.4 is 0 Å². The van der Waals surface area contributed by atoms with Gasteiger partial charge in [-0.3, -0.25) is 14.5 Å². The van der Waals surface area contributed by atoms with Gasteiger partial charge in [0.15, 0.2) is 6.11 Å². The fraction of sp³-hybridized carbons (Fsp3) is 0.714. The number of hydrogen-bond acceptors (Lipinski definition) is 8. The normalized spacial score (nSPS) is 14.2. The van der Waals surface area contributed by atoms with Crippen LogP contribution in [-0.2, 0) is 24.0 Å². The summed E-state index contributed by atoms with van der Waals surface area (Å²) in [4.78, 5) is 24.0. The van der Waals surface area contributed by atoms with Gasteiger partial charge in [0.1, 0.15) is 12.2 Å². The molecule has 0 heterocycles. The molecule has 0 aliphatic heterocycles. The van der Waals surface area contributed by atoms with Crippen molar-refractivity contribution in [1.29, 1.82) is 0 Å². The first kappa shape index (κ1) is 25.2. The largest absolute Gasteiger partial charge is 0.459 e. The lowest BCUT2D eigenvalue weighted by Gasteiger charge is -2.18. The Morgan fingerprint density at radius 3 is 1.23 bits per heavy atom. The van der Waals surface area contributed by atoms with Gasteiger partial charge < -0.3 is 19.7 Å². The van der Waals surface area contributed by atoms with Crippen molar-refractivity contribution in [1.82, 2.24) is 0 Å².